The lowest BCUT2D eigenvalue weighted by Crippen LogP contribution is -2.39. The van der Waals surface area contributed by atoms with E-state index in [1.54, 1.807) is 0 Å². The highest BCUT2D eigenvalue weighted by Crippen LogP contribution is 2.22. The van der Waals surface area contributed by atoms with Gasteiger partial charge in [0.15, 0.2) is 0 Å². The van der Waals surface area contributed by atoms with Crippen LogP contribution in [-0.2, 0) is 0 Å². The van der Waals surface area contributed by atoms with Crippen molar-refractivity contribution in [2.24, 2.45) is 5.73 Å². The van der Waals surface area contributed by atoms with Gasteiger partial charge in [-0.2, -0.15) is 0 Å². The van der Waals surface area contributed by atoms with Crippen LogP contribution in [0.4, 0.5) is 0 Å². The van der Waals surface area contributed by atoms with Gasteiger partial charge in [0.2, 0.25) is 0 Å². The molecule has 0 amide bonds. The topological polar surface area (TPSA) is 49.9 Å². The third kappa shape index (κ3) is 1.79. The molecular formula is C7H14N2. The van der Waals surface area contributed by atoms with Crippen LogP contribution in [0.5, 0.6) is 0 Å². The van der Waals surface area contributed by atoms with E-state index >= 15 is 0 Å². The van der Waals surface area contributed by atoms with Gasteiger partial charge in [-0.1, -0.05) is 0 Å². The van der Waals surface area contributed by atoms with E-state index in [0.29, 0.717) is 0 Å². The molecule has 1 saturated carbocycles. The van der Waals surface area contributed by atoms with Crippen molar-refractivity contribution in [2.75, 3.05) is 0 Å². The fourth-order valence-corrected chi connectivity index (χ4v) is 1.12. The van der Waals surface area contributed by atoms with Crippen LogP contribution >= 0.6 is 0 Å². The molecule has 0 aliphatic heterocycles. The summed E-state index contributed by atoms with van der Waals surface area (Å²) < 4.78 is 0. The molecule has 0 saturated heterocycles. The molecule has 1 aliphatic rings. The summed E-state index contributed by atoms with van der Waals surface area (Å²) in [6, 6.07) is 0. The van der Waals surface area contributed by atoms with Crippen LogP contribution < -0.4 is 5.73 Å². The van der Waals surface area contributed by atoms with Gasteiger partial charge in [-0.25, -0.2) is 0 Å². The van der Waals surface area contributed by atoms with Crippen LogP contribution in [0.3, 0.4) is 0 Å². The molecule has 1 rings (SSSR count). The maximum absolute atomic E-state index is 7.31. The van der Waals surface area contributed by atoms with Gasteiger partial charge in [-0.15, -0.1) is 0 Å². The molecule has 2 nitrogen and oxygen atoms in total. The van der Waals surface area contributed by atoms with Crippen LogP contribution in [0.25, 0.3) is 0 Å². The van der Waals surface area contributed by atoms with Gasteiger partial charge in [0.25, 0.3) is 0 Å². The first-order valence-electron chi connectivity index (χ1n) is 3.45. The Balaban J connectivity index is 2.44. The second kappa shape index (κ2) is 2.10. The van der Waals surface area contributed by atoms with Crippen molar-refractivity contribution in [3.05, 3.63) is 0 Å². The Kier molecular flexibility index (Phi) is 1.58. The number of nitrogens with two attached hydrogens (primary N) is 1. The van der Waals surface area contributed by atoms with Crippen molar-refractivity contribution in [2.45, 2.75) is 38.1 Å². The van der Waals surface area contributed by atoms with Crippen LogP contribution in [-0.4, -0.2) is 11.3 Å². The Morgan fingerprint density at radius 1 is 1.44 bits per heavy atom. The zero-order valence-electron chi connectivity index (χ0n) is 5.91. The standard InChI is InChI=1S/C7H14N2/c1-7(9)4-2-6(8)3-5-7/h8H,2-5,9H2,1H3. The van der Waals surface area contributed by atoms with Gasteiger partial charge < -0.3 is 11.1 Å². The lowest BCUT2D eigenvalue weighted by molar-refractivity contribution is 0.393. The summed E-state index contributed by atoms with van der Waals surface area (Å²) in [7, 11) is 0. The number of hydrogen-bond acceptors (Lipinski definition) is 2. The molecule has 2 heteroatoms. The molecule has 1 fully saturated rings. The summed E-state index contributed by atoms with van der Waals surface area (Å²) in [5.41, 5.74) is 6.73. The largest absolute Gasteiger partial charge is 0.325 e. The van der Waals surface area contributed by atoms with Crippen molar-refractivity contribution < 1.29 is 0 Å². The van der Waals surface area contributed by atoms with Crippen LogP contribution in [0.15, 0.2) is 0 Å². The average Bonchev–Trinajstić information content (AvgIpc) is 1.78. The van der Waals surface area contributed by atoms with Crippen molar-refractivity contribution in [3.63, 3.8) is 0 Å². The summed E-state index contributed by atoms with van der Waals surface area (Å²) in [6.45, 7) is 2.07. The Morgan fingerprint density at radius 3 is 2.22 bits per heavy atom. The van der Waals surface area contributed by atoms with Gasteiger partial charge in [0, 0.05) is 11.3 Å². The molecule has 0 radical (unpaired) electrons. The first-order chi connectivity index (χ1) is 4.10. The molecule has 1 aliphatic carbocycles. The highest BCUT2D eigenvalue weighted by atomic mass is 14.7. The quantitative estimate of drug-likeness (QED) is 0.505. The fraction of sp³-hybridized carbons (Fsp3) is 0.857. The molecule has 52 valence electrons. The normalized spacial score (nSPS) is 36.9. The van der Waals surface area contributed by atoms with Crippen LogP contribution in [0.2, 0.25) is 0 Å². The molecular weight excluding hydrogens is 112 g/mol. The lowest BCUT2D eigenvalue weighted by atomic mass is 9.83. The Labute approximate surface area is 55.9 Å². The highest BCUT2D eigenvalue weighted by Gasteiger charge is 2.23. The number of hydrogen-bond donors (Lipinski definition) is 2. The second-order valence-corrected chi connectivity index (χ2v) is 3.26. The minimum Gasteiger partial charge on any atom is -0.325 e. The monoisotopic (exact) mass is 126 g/mol. The number of nitrogens with one attached hydrogen (secondary N) is 1. The molecule has 0 aromatic carbocycles. The predicted octanol–water partition coefficient (Wildman–Crippen LogP) is 1.30. The van der Waals surface area contributed by atoms with Crippen molar-refractivity contribution in [1.82, 2.24) is 0 Å². The zero-order valence-corrected chi connectivity index (χ0v) is 5.91. The summed E-state index contributed by atoms with van der Waals surface area (Å²) in [4.78, 5) is 0. The predicted molar refractivity (Wildman–Crippen MR) is 38.8 cm³/mol. The van der Waals surface area contributed by atoms with E-state index in [1.165, 1.54) is 0 Å². The summed E-state index contributed by atoms with van der Waals surface area (Å²) in [5.74, 6) is 0. The van der Waals surface area contributed by atoms with E-state index in [4.69, 9.17) is 11.1 Å². The summed E-state index contributed by atoms with van der Waals surface area (Å²) >= 11 is 0. The number of rotatable bonds is 0. The molecule has 0 bridgehead atoms. The third-order valence-corrected chi connectivity index (χ3v) is 2.00. The second-order valence-electron chi connectivity index (χ2n) is 3.26. The minimum absolute atomic E-state index is 0.0184. The highest BCUT2D eigenvalue weighted by molar-refractivity contribution is 5.82. The summed E-state index contributed by atoms with van der Waals surface area (Å²) in [5, 5.41) is 7.31. The smallest absolute Gasteiger partial charge is 0.0133 e. The van der Waals surface area contributed by atoms with Gasteiger partial charge in [-0.05, 0) is 32.6 Å². The maximum Gasteiger partial charge on any atom is 0.0133 e. The lowest BCUT2D eigenvalue weighted by Gasteiger charge is -2.29. The Bertz CT molecular complexity index is 115. The Hall–Kier alpha value is -0.370. The fourth-order valence-electron chi connectivity index (χ4n) is 1.12. The minimum atomic E-state index is 0.0184. The first kappa shape index (κ1) is 6.75. The van der Waals surface area contributed by atoms with E-state index in [-0.39, 0.29) is 5.54 Å². The molecule has 0 spiro atoms. The maximum atomic E-state index is 7.31. The summed E-state index contributed by atoms with van der Waals surface area (Å²) in [6.07, 6.45) is 3.80. The van der Waals surface area contributed by atoms with Gasteiger partial charge in [-0.3, -0.25) is 0 Å². The van der Waals surface area contributed by atoms with E-state index in [0.717, 1.165) is 31.4 Å². The first-order valence-corrected chi connectivity index (χ1v) is 3.45. The van der Waals surface area contributed by atoms with Crippen molar-refractivity contribution in [3.8, 4) is 0 Å². The third-order valence-electron chi connectivity index (χ3n) is 2.00. The molecule has 0 atom stereocenters. The molecule has 9 heavy (non-hydrogen) atoms. The van der Waals surface area contributed by atoms with Gasteiger partial charge in [0.05, 0.1) is 0 Å². The van der Waals surface area contributed by atoms with E-state index < -0.39 is 0 Å². The van der Waals surface area contributed by atoms with E-state index in [9.17, 15) is 0 Å². The van der Waals surface area contributed by atoms with Crippen LogP contribution in [0.1, 0.15) is 32.6 Å². The van der Waals surface area contributed by atoms with E-state index in [1.807, 2.05) is 0 Å². The Morgan fingerprint density at radius 2 is 1.89 bits per heavy atom. The zero-order chi connectivity index (χ0) is 6.91. The van der Waals surface area contributed by atoms with Crippen molar-refractivity contribution in [1.29, 1.82) is 5.41 Å². The average molecular weight is 126 g/mol. The van der Waals surface area contributed by atoms with Gasteiger partial charge in [0.1, 0.15) is 0 Å². The van der Waals surface area contributed by atoms with Gasteiger partial charge >= 0.3 is 0 Å². The van der Waals surface area contributed by atoms with E-state index in [2.05, 4.69) is 6.92 Å². The molecule has 0 aromatic heterocycles. The van der Waals surface area contributed by atoms with Crippen molar-refractivity contribution >= 4 is 5.71 Å². The van der Waals surface area contributed by atoms with Crippen LogP contribution in [0, 0.1) is 5.41 Å². The molecule has 0 aromatic rings. The molecule has 0 unspecified atom stereocenters. The molecule has 0 heterocycles. The SMILES string of the molecule is CC1(N)CCC(=N)CC1. The molecule has 3 N–H and O–H groups in total.